The minimum Gasteiger partial charge on any atom is -0.490 e. The van der Waals surface area contributed by atoms with E-state index < -0.39 is 5.60 Å². The van der Waals surface area contributed by atoms with Gasteiger partial charge in [0.15, 0.2) is 0 Å². The number of benzene rings is 1. The van der Waals surface area contributed by atoms with Crippen molar-refractivity contribution >= 4 is 0 Å². The van der Waals surface area contributed by atoms with Gasteiger partial charge in [-0.3, -0.25) is 0 Å². The second kappa shape index (κ2) is 5.62. The smallest absolute Gasteiger partial charge is 0.120 e. The molecule has 1 aromatic rings. The predicted molar refractivity (Wildman–Crippen MR) is 97.4 cm³/mol. The molecule has 3 aliphatic carbocycles. The van der Waals surface area contributed by atoms with E-state index in [4.69, 9.17) is 4.74 Å². The molecule has 2 heteroatoms. The maximum atomic E-state index is 10.9. The zero-order valence-corrected chi connectivity index (χ0v) is 15.1. The molecule has 0 aliphatic heterocycles. The lowest BCUT2D eigenvalue weighted by Gasteiger charge is -2.52. The average Bonchev–Trinajstić information content (AvgIpc) is 2.82. The summed E-state index contributed by atoms with van der Waals surface area (Å²) in [4.78, 5) is 0. The summed E-state index contributed by atoms with van der Waals surface area (Å²) in [6.45, 7) is 8.72. The molecule has 0 heterocycles. The van der Waals surface area contributed by atoms with Gasteiger partial charge in [0.1, 0.15) is 12.4 Å². The van der Waals surface area contributed by atoms with Crippen LogP contribution in [0.1, 0.15) is 63.0 Å². The number of ether oxygens (including phenoxy) is 1. The van der Waals surface area contributed by atoms with E-state index in [2.05, 4.69) is 38.6 Å². The number of fused-ring (bicyclic) bond motifs is 5. The van der Waals surface area contributed by atoms with E-state index in [0.717, 1.165) is 30.9 Å². The topological polar surface area (TPSA) is 29.5 Å². The predicted octanol–water partition coefficient (Wildman–Crippen LogP) is 4.86. The molecule has 5 atom stereocenters. The number of aryl methyl sites for hydroxylation is 1. The van der Waals surface area contributed by atoms with Crippen LogP contribution in [-0.4, -0.2) is 17.3 Å². The maximum Gasteiger partial charge on any atom is 0.120 e. The van der Waals surface area contributed by atoms with Crippen molar-refractivity contribution in [2.45, 2.75) is 63.9 Å². The number of aliphatic hydroxyl groups is 1. The third kappa shape index (κ3) is 2.26. The molecule has 2 saturated carbocycles. The Balaban J connectivity index is 1.62. The summed E-state index contributed by atoms with van der Waals surface area (Å²) in [6, 6.07) is 6.68. The van der Waals surface area contributed by atoms with Gasteiger partial charge in [-0.1, -0.05) is 25.6 Å². The molecule has 0 radical (unpaired) electrons. The van der Waals surface area contributed by atoms with Crippen LogP contribution in [0, 0.1) is 17.3 Å². The van der Waals surface area contributed by atoms with Crippen LogP contribution in [0.25, 0.3) is 0 Å². The largest absolute Gasteiger partial charge is 0.490 e. The van der Waals surface area contributed by atoms with E-state index in [0.29, 0.717) is 18.4 Å². The Bertz CT molecular complexity index is 647. The van der Waals surface area contributed by atoms with Crippen LogP contribution in [-0.2, 0) is 6.42 Å². The van der Waals surface area contributed by atoms with Gasteiger partial charge in [0.2, 0.25) is 0 Å². The highest BCUT2D eigenvalue weighted by Gasteiger charge is 2.59. The van der Waals surface area contributed by atoms with Crippen molar-refractivity contribution in [1.82, 2.24) is 0 Å². The van der Waals surface area contributed by atoms with Gasteiger partial charge >= 0.3 is 0 Å². The van der Waals surface area contributed by atoms with Crippen LogP contribution < -0.4 is 4.74 Å². The minimum atomic E-state index is -0.481. The van der Waals surface area contributed by atoms with Crippen LogP contribution in [0.5, 0.6) is 5.75 Å². The van der Waals surface area contributed by atoms with Gasteiger partial charge in [-0.15, -0.1) is 0 Å². The molecule has 1 N–H and O–H groups in total. The maximum absolute atomic E-state index is 10.9. The van der Waals surface area contributed by atoms with Crippen molar-refractivity contribution in [2.75, 3.05) is 6.61 Å². The van der Waals surface area contributed by atoms with E-state index >= 15 is 0 Å². The molecule has 0 saturated heterocycles. The summed E-state index contributed by atoms with van der Waals surface area (Å²) in [5.74, 6) is 3.06. The van der Waals surface area contributed by atoms with Gasteiger partial charge in [-0.2, -0.15) is 0 Å². The van der Waals surface area contributed by atoms with Crippen molar-refractivity contribution in [1.29, 1.82) is 0 Å². The second-order valence-electron chi connectivity index (χ2n) is 8.64. The first-order valence-corrected chi connectivity index (χ1v) is 9.55. The molecule has 0 bridgehead atoms. The highest BCUT2D eigenvalue weighted by molar-refractivity contribution is 5.41. The highest BCUT2D eigenvalue weighted by Crippen LogP contribution is 2.64. The number of hydrogen-bond donors (Lipinski definition) is 1. The summed E-state index contributed by atoms with van der Waals surface area (Å²) in [6.07, 6.45) is 8.74. The zero-order chi connectivity index (χ0) is 16.9. The molecule has 0 unspecified atom stereocenters. The Morgan fingerprint density at radius 2 is 2.08 bits per heavy atom. The van der Waals surface area contributed by atoms with E-state index in [-0.39, 0.29) is 5.41 Å². The van der Waals surface area contributed by atoms with Crippen LogP contribution >= 0.6 is 0 Å². The first-order valence-electron chi connectivity index (χ1n) is 9.55. The molecular formula is C22H30O2. The van der Waals surface area contributed by atoms with Crippen molar-refractivity contribution in [3.63, 3.8) is 0 Å². The Hall–Kier alpha value is -1.28. The lowest BCUT2D eigenvalue weighted by molar-refractivity contribution is -0.0901. The van der Waals surface area contributed by atoms with Gasteiger partial charge < -0.3 is 9.84 Å². The SMILES string of the molecule is C=CCOc1ccc2c(c1)CC[C@H]1[C@H]2CC[C@]2(C)[C@H]1CC[C@@]2(C)O. The van der Waals surface area contributed by atoms with Crippen molar-refractivity contribution in [3.8, 4) is 5.75 Å². The van der Waals surface area contributed by atoms with Crippen LogP contribution in [0.3, 0.4) is 0 Å². The third-order valence-corrected chi connectivity index (χ3v) is 7.63. The molecule has 0 aromatic heterocycles. The van der Waals surface area contributed by atoms with Crippen LogP contribution in [0.2, 0.25) is 0 Å². The lowest BCUT2D eigenvalue weighted by atomic mass is 9.53. The standard InChI is InChI=1S/C22H30O2/c1-4-13-24-16-6-8-17-15(14-16)5-7-19-18(17)9-11-21(2)20(19)10-12-22(21,3)23/h4,6,8,14,18-20,23H,1,5,7,9-13H2,2-3H3/t18-,19-,20-,21+,22+/m0/s1. The average molecular weight is 326 g/mol. The second-order valence-corrected chi connectivity index (χ2v) is 8.64. The zero-order valence-electron chi connectivity index (χ0n) is 15.1. The normalized spacial score (nSPS) is 40.4. The van der Waals surface area contributed by atoms with Gasteiger partial charge in [0.05, 0.1) is 5.60 Å². The van der Waals surface area contributed by atoms with Crippen molar-refractivity contribution < 1.29 is 9.84 Å². The molecule has 4 rings (SSSR count). The molecule has 24 heavy (non-hydrogen) atoms. The molecule has 1 aromatic carbocycles. The fraction of sp³-hybridized carbons (Fsp3) is 0.636. The van der Waals surface area contributed by atoms with Gasteiger partial charge in [0, 0.05) is 0 Å². The molecule has 2 fully saturated rings. The Morgan fingerprint density at radius 1 is 1.25 bits per heavy atom. The molecule has 130 valence electrons. The Labute approximate surface area is 145 Å². The summed E-state index contributed by atoms with van der Waals surface area (Å²) >= 11 is 0. The highest BCUT2D eigenvalue weighted by atomic mass is 16.5. The summed E-state index contributed by atoms with van der Waals surface area (Å²) in [5, 5.41) is 10.9. The fourth-order valence-corrected chi connectivity index (χ4v) is 6.05. The van der Waals surface area contributed by atoms with Crippen LogP contribution in [0.4, 0.5) is 0 Å². The third-order valence-electron chi connectivity index (χ3n) is 7.63. The van der Waals surface area contributed by atoms with Gasteiger partial charge in [0.25, 0.3) is 0 Å². The molecule has 0 spiro atoms. The van der Waals surface area contributed by atoms with Gasteiger partial charge in [-0.25, -0.2) is 0 Å². The van der Waals surface area contributed by atoms with Crippen molar-refractivity contribution in [3.05, 3.63) is 42.0 Å². The molecular weight excluding hydrogens is 296 g/mol. The summed E-state index contributed by atoms with van der Waals surface area (Å²) in [5.41, 5.74) is 2.65. The summed E-state index contributed by atoms with van der Waals surface area (Å²) < 4.78 is 5.72. The molecule has 2 nitrogen and oxygen atoms in total. The summed E-state index contributed by atoms with van der Waals surface area (Å²) in [7, 11) is 0. The Morgan fingerprint density at radius 3 is 2.88 bits per heavy atom. The first-order chi connectivity index (χ1) is 11.5. The number of hydrogen-bond acceptors (Lipinski definition) is 2. The van der Waals surface area contributed by atoms with Crippen molar-refractivity contribution in [2.24, 2.45) is 17.3 Å². The fourth-order valence-electron chi connectivity index (χ4n) is 6.05. The van der Waals surface area contributed by atoms with E-state index in [1.54, 1.807) is 11.6 Å². The van der Waals surface area contributed by atoms with E-state index in [1.807, 2.05) is 0 Å². The van der Waals surface area contributed by atoms with Gasteiger partial charge in [-0.05, 0) is 91.9 Å². The Kier molecular flexibility index (Phi) is 3.80. The quantitative estimate of drug-likeness (QED) is 0.804. The van der Waals surface area contributed by atoms with E-state index in [9.17, 15) is 5.11 Å². The monoisotopic (exact) mass is 326 g/mol. The molecule has 0 amide bonds. The van der Waals surface area contributed by atoms with E-state index in [1.165, 1.54) is 24.8 Å². The number of rotatable bonds is 3. The first kappa shape index (κ1) is 16.2. The lowest BCUT2D eigenvalue weighted by Crippen LogP contribution is -2.49. The molecule has 3 aliphatic rings. The minimum absolute atomic E-state index is 0.110. The van der Waals surface area contributed by atoms with Crippen LogP contribution in [0.15, 0.2) is 30.9 Å².